The van der Waals surface area contributed by atoms with Crippen LogP contribution in [0.15, 0.2) is 12.1 Å². The number of hydrogen-bond donors (Lipinski definition) is 2. The van der Waals surface area contributed by atoms with Gasteiger partial charge in [-0.05, 0) is 44.5 Å². The molecule has 0 aliphatic carbocycles. The number of methoxy groups -OCH3 is 1. The zero-order valence-corrected chi connectivity index (χ0v) is 15.1. The third-order valence-electron chi connectivity index (χ3n) is 3.62. The van der Waals surface area contributed by atoms with Crippen molar-refractivity contribution in [1.29, 1.82) is 0 Å². The van der Waals surface area contributed by atoms with E-state index in [1.54, 1.807) is 19.2 Å². The van der Waals surface area contributed by atoms with Crippen LogP contribution in [0.5, 0.6) is 11.5 Å². The van der Waals surface area contributed by atoms with Gasteiger partial charge in [0.2, 0.25) is 0 Å². The number of hydrogen-bond acceptors (Lipinski definition) is 4. The van der Waals surface area contributed by atoms with Crippen molar-refractivity contribution in [3.63, 3.8) is 0 Å². The quantitative estimate of drug-likeness (QED) is 0.816. The van der Waals surface area contributed by atoms with Gasteiger partial charge in [-0.2, -0.15) is 0 Å². The highest BCUT2D eigenvalue weighted by molar-refractivity contribution is 6.32. The summed E-state index contributed by atoms with van der Waals surface area (Å²) in [5.74, 6) is 0.843. The second-order valence-electron chi connectivity index (χ2n) is 5.34. The average Bonchev–Trinajstić information content (AvgIpc) is 2.54. The van der Waals surface area contributed by atoms with Crippen molar-refractivity contribution in [2.24, 2.45) is 0 Å². The molecule has 1 fully saturated rings. The third-order valence-corrected chi connectivity index (χ3v) is 3.90. The predicted octanol–water partition coefficient (Wildman–Crippen LogP) is 3.04. The molecule has 1 aromatic rings. The standard InChI is InChI=1S/C16H23ClN2O3.ClH/c1-3-8-22-15-13(17)9-11(10-14(15)21-2)16(20)19-12-4-6-18-7-5-12;/h9-10,12,18H,3-8H2,1-2H3,(H,19,20);1H. The van der Waals surface area contributed by atoms with Gasteiger partial charge in [0, 0.05) is 11.6 Å². The molecule has 2 rings (SSSR count). The van der Waals surface area contributed by atoms with Crippen molar-refractivity contribution < 1.29 is 14.3 Å². The molecule has 23 heavy (non-hydrogen) atoms. The van der Waals surface area contributed by atoms with E-state index in [4.69, 9.17) is 21.1 Å². The first-order valence-corrected chi connectivity index (χ1v) is 8.05. The van der Waals surface area contributed by atoms with Crippen molar-refractivity contribution in [3.05, 3.63) is 22.7 Å². The van der Waals surface area contributed by atoms with Gasteiger partial charge in [0.15, 0.2) is 11.5 Å². The molecule has 0 aromatic heterocycles. The van der Waals surface area contributed by atoms with Gasteiger partial charge in [-0.15, -0.1) is 12.4 Å². The lowest BCUT2D eigenvalue weighted by Gasteiger charge is -2.24. The summed E-state index contributed by atoms with van der Waals surface area (Å²) in [7, 11) is 1.54. The molecule has 1 heterocycles. The zero-order valence-electron chi connectivity index (χ0n) is 13.5. The third kappa shape index (κ3) is 5.44. The monoisotopic (exact) mass is 362 g/mol. The number of ether oxygens (including phenoxy) is 2. The number of piperidine rings is 1. The molecule has 1 aromatic carbocycles. The SMILES string of the molecule is CCCOc1c(Cl)cc(C(=O)NC2CCNCC2)cc1OC.Cl. The van der Waals surface area contributed by atoms with Gasteiger partial charge in [-0.1, -0.05) is 18.5 Å². The molecule has 5 nitrogen and oxygen atoms in total. The zero-order chi connectivity index (χ0) is 15.9. The van der Waals surface area contributed by atoms with Crippen molar-refractivity contribution in [3.8, 4) is 11.5 Å². The average molecular weight is 363 g/mol. The molecule has 1 amide bonds. The van der Waals surface area contributed by atoms with Gasteiger partial charge in [0.1, 0.15) is 0 Å². The Morgan fingerprint density at radius 2 is 2.09 bits per heavy atom. The van der Waals surface area contributed by atoms with Crippen LogP contribution in [0.25, 0.3) is 0 Å². The molecule has 0 radical (unpaired) electrons. The topological polar surface area (TPSA) is 59.6 Å². The molecule has 2 N–H and O–H groups in total. The summed E-state index contributed by atoms with van der Waals surface area (Å²) in [5, 5.41) is 6.71. The lowest BCUT2D eigenvalue weighted by atomic mass is 10.1. The number of halogens is 2. The fourth-order valence-corrected chi connectivity index (χ4v) is 2.70. The van der Waals surface area contributed by atoms with Gasteiger partial charge in [0.05, 0.1) is 18.7 Å². The van der Waals surface area contributed by atoms with Gasteiger partial charge < -0.3 is 20.1 Å². The van der Waals surface area contributed by atoms with E-state index in [0.717, 1.165) is 32.4 Å². The number of carbonyl (C=O) groups is 1. The second-order valence-corrected chi connectivity index (χ2v) is 5.74. The number of benzene rings is 1. The van der Waals surface area contributed by atoms with Gasteiger partial charge in [0.25, 0.3) is 5.91 Å². The Labute approximate surface area is 148 Å². The van der Waals surface area contributed by atoms with Gasteiger partial charge in [-0.3, -0.25) is 4.79 Å². The van der Waals surface area contributed by atoms with Crippen molar-refractivity contribution in [2.75, 3.05) is 26.8 Å². The van der Waals surface area contributed by atoms with Crippen LogP contribution in [0.4, 0.5) is 0 Å². The molecule has 0 saturated carbocycles. The van der Waals surface area contributed by atoms with E-state index < -0.39 is 0 Å². The second kappa shape index (κ2) is 9.85. The molecular weight excluding hydrogens is 339 g/mol. The summed E-state index contributed by atoms with van der Waals surface area (Å²) in [4.78, 5) is 12.4. The maximum Gasteiger partial charge on any atom is 0.251 e. The first kappa shape index (κ1) is 19.9. The first-order chi connectivity index (χ1) is 10.7. The molecule has 130 valence electrons. The van der Waals surface area contributed by atoms with Crippen LogP contribution in [-0.4, -0.2) is 38.8 Å². The van der Waals surface area contributed by atoms with Crippen LogP contribution in [-0.2, 0) is 0 Å². The lowest BCUT2D eigenvalue weighted by Crippen LogP contribution is -2.42. The molecule has 1 aliphatic rings. The molecule has 0 spiro atoms. The molecule has 0 bridgehead atoms. The molecule has 1 saturated heterocycles. The first-order valence-electron chi connectivity index (χ1n) is 7.67. The molecule has 1 aliphatic heterocycles. The van der Waals surface area contributed by atoms with E-state index in [9.17, 15) is 4.79 Å². The Hall–Kier alpha value is -1.17. The number of rotatable bonds is 6. The maximum atomic E-state index is 12.4. The Morgan fingerprint density at radius 1 is 1.39 bits per heavy atom. The molecular formula is C16H24Cl2N2O3. The van der Waals surface area contributed by atoms with Crippen LogP contribution >= 0.6 is 24.0 Å². The van der Waals surface area contributed by atoms with E-state index in [2.05, 4.69) is 10.6 Å². The van der Waals surface area contributed by atoms with E-state index in [-0.39, 0.29) is 24.4 Å². The largest absolute Gasteiger partial charge is 0.493 e. The maximum absolute atomic E-state index is 12.4. The summed E-state index contributed by atoms with van der Waals surface area (Å²) in [5.41, 5.74) is 0.490. The normalized spacial score (nSPS) is 14.7. The van der Waals surface area contributed by atoms with Crippen molar-refractivity contribution >= 4 is 29.9 Å². The van der Waals surface area contributed by atoms with Crippen LogP contribution in [0, 0.1) is 0 Å². The number of carbonyl (C=O) groups excluding carboxylic acids is 1. The summed E-state index contributed by atoms with van der Waals surface area (Å²) in [6.07, 6.45) is 2.75. The number of nitrogens with one attached hydrogen (secondary N) is 2. The Kier molecular flexibility index (Phi) is 8.52. The molecule has 7 heteroatoms. The summed E-state index contributed by atoms with van der Waals surface area (Å²) < 4.78 is 10.9. The lowest BCUT2D eigenvalue weighted by molar-refractivity contribution is 0.0929. The van der Waals surface area contributed by atoms with Crippen LogP contribution in [0.3, 0.4) is 0 Å². The highest BCUT2D eigenvalue weighted by Gasteiger charge is 2.19. The predicted molar refractivity (Wildman–Crippen MR) is 94.4 cm³/mol. The Morgan fingerprint density at radius 3 is 2.70 bits per heavy atom. The van der Waals surface area contributed by atoms with Gasteiger partial charge in [-0.25, -0.2) is 0 Å². The smallest absolute Gasteiger partial charge is 0.251 e. The summed E-state index contributed by atoms with van der Waals surface area (Å²) in [6, 6.07) is 3.51. The summed E-state index contributed by atoms with van der Waals surface area (Å²) >= 11 is 6.24. The Balaban J connectivity index is 0.00000264. The minimum atomic E-state index is -0.130. The van der Waals surface area contributed by atoms with E-state index in [1.807, 2.05) is 6.92 Å². The van der Waals surface area contributed by atoms with E-state index in [0.29, 0.717) is 28.7 Å². The van der Waals surface area contributed by atoms with Crippen LogP contribution < -0.4 is 20.1 Å². The van der Waals surface area contributed by atoms with E-state index in [1.165, 1.54) is 0 Å². The minimum absolute atomic E-state index is 0. The fourth-order valence-electron chi connectivity index (χ4n) is 2.43. The van der Waals surface area contributed by atoms with Crippen molar-refractivity contribution in [2.45, 2.75) is 32.2 Å². The Bertz CT molecular complexity index is 520. The van der Waals surface area contributed by atoms with Crippen LogP contribution in [0.2, 0.25) is 5.02 Å². The van der Waals surface area contributed by atoms with E-state index >= 15 is 0 Å². The fraction of sp³-hybridized carbons (Fsp3) is 0.562. The van der Waals surface area contributed by atoms with Gasteiger partial charge >= 0.3 is 0 Å². The highest BCUT2D eigenvalue weighted by Crippen LogP contribution is 2.36. The molecule has 0 unspecified atom stereocenters. The molecule has 0 atom stereocenters. The number of amides is 1. The minimum Gasteiger partial charge on any atom is -0.493 e. The summed E-state index contributed by atoms with van der Waals surface area (Å²) in [6.45, 7) is 4.43. The van der Waals surface area contributed by atoms with Crippen molar-refractivity contribution in [1.82, 2.24) is 10.6 Å². The highest BCUT2D eigenvalue weighted by atomic mass is 35.5. The van der Waals surface area contributed by atoms with Crippen LogP contribution in [0.1, 0.15) is 36.5 Å².